The molecule has 1 unspecified atom stereocenters. The first-order valence-electron chi connectivity index (χ1n) is 5.60. The van der Waals surface area contributed by atoms with Crippen molar-refractivity contribution in [1.29, 1.82) is 0 Å². The van der Waals surface area contributed by atoms with Crippen LogP contribution in [0.1, 0.15) is 28.4 Å². The van der Waals surface area contributed by atoms with Crippen molar-refractivity contribution in [1.82, 2.24) is 0 Å². The van der Waals surface area contributed by atoms with Gasteiger partial charge in [0.05, 0.1) is 10.1 Å². The Morgan fingerprint density at radius 2 is 2.06 bits per heavy atom. The van der Waals surface area contributed by atoms with E-state index in [0.29, 0.717) is 23.1 Å². The number of primary amides is 1. The summed E-state index contributed by atoms with van der Waals surface area (Å²) in [4.78, 5) is 11.5. The van der Waals surface area contributed by atoms with Crippen LogP contribution in [0.2, 0.25) is 0 Å². The highest BCUT2D eigenvalue weighted by atomic mass is 32.2. The SMILES string of the molecule is C=C1Cc2cc(C)c(C(N)=O)cc2S(=O)(=O)C1C. The molecule has 18 heavy (non-hydrogen) atoms. The van der Waals surface area contributed by atoms with Crippen molar-refractivity contribution in [3.63, 3.8) is 0 Å². The highest BCUT2D eigenvalue weighted by Gasteiger charge is 2.33. The van der Waals surface area contributed by atoms with Crippen molar-refractivity contribution >= 4 is 15.7 Å². The number of rotatable bonds is 1. The normalized spacial score (nSPS) is 21.4. The number of hydrogen-bond acceptors (Lipinski definition) is 3. The van der Waals surface area contributed by atoms with Crippen LogP contribution in [-0.4, -0.2) is 19.6 Å². The molecule has 1 aliphatic heterocycles. The number of sulfone groups is 1. The van der Waals surface area contributed by atoms with E-state index in [1.807, 2.05) is 0 Å². The fourth-order valence-corrected chi connectivity index (χ4v) is 3.90. The van der Waals surface area contributed by atoms with Crippen LogP contribution in [0.3, 0.4) is 0 Å². The van der Waals surface area contributed by atoms with E-state index in [0.717, 1.165) is 0 Å². The third kappa shape index (κ3) is 1.75. The van der Waals surface area contributed by atoms with E-state index in [2.05, 4.69) is 6.58 Å². The molecule has 0 aromatic heterocycles. The van der Waals surface area contributed by atoms with Gasteiger partial charge >= 0.3 is 0 Å². The second kappa shape index (κ2) is 3.95. The lowest BCUT2D eigenvalue weighted by Crippen LogP contribution is -2.28. The summed E-state index contributed by atoms with van der Waals surface area (Å²) in [6.45, 7) is 7.17. The molecule has 0 saturated carbocycles. The number of fused-ring (bicyclic) bond motifs is 1. The van der Waals surface area contributed by atoms with Gasteiger partial charge in [0.2, 0.25) is 5.91 Å². The van der Waals surface area contributed by atoms with Crippen LogP contribution < -0.4 is 5.73 Å². The van der Waals surface area contributed by atoms with Crippen molar-refractivity contribution in [3.8, 4) is 0 Å². The molecule has 1 aromatic rings. The van der Waals surface area contributed by atoms with E-state index in [-0.39, 0.29) is 10.5 Å². The zero-order valence-electron chi connectivity index (χ0n) is 10.4. The Balaban J connectivity index is 2.77. The lowest BCUT2D eigenvalue weighted by Gasteiger charge is -2.25. The number of carbonyl (C=O) groups is 1. The Hall–Kier alpha value is -1.62. The van der Waals surface area contributed by atoms with Crippen LogP contribution in [-0.2, 0) is 16.3 Å². The molecule has 1 heterocycles. The number of hydrogen-bond donors (Lipinski definition) is 1. The number of benzene rings is 1. The van der Waals surface area contributed by atoms with Crippen LogP contribution in [0.4, 0.5) is 0 Å². The maximum Gasteiger partial charge on any atom is 0.249 e. The smallest absolute Gasteiger partial charge is 0.249 e. The average Bonchev–Trinajstić information content (AvgIpc) is 2.25. The van der Waals surface area contributed by atoms with Crippen LogP contribution in [0.15, 0.2) is 29.2 Å². The summed E-state index contributed by atoms with van der Waals surface area (Å²) in [6, 6.07) is 3.11. The van der Waals surface area contributed by atoms with Crippen molar-refractivity contribution in [2.75, 3.05) is 0 Å². The molecule has 96 valence electrons. The maximum atomic E-state index is 12.3. The Kier molecular flexibility index (Phi) is 2.81. The third-order valence-electron chi connectivity index (χ3n) is 3.44. The lowest BCUT2D eigenvalue weighted by molar-refractivity contribution is 0.0999. The summed E-state index contributed by atoms with van der Waals surface area (Å²) < 4.78 is 24.6. The summed E-state index contributed by atoms with van der Waals surface area (Å²) in [5, 5.41) is -0.617. The predicted octanol–water partition coefficient (Wildman–Crippen LogP) is 1.37. The van der Waals surface area contributed by atoms with E-state index in [4.69, 9.17) is 5.73 Å². The van der Waals surface area contributed by atoms with Gasteiger partial charge in [0, 0.05) is 5.56 Å². The molecule has 0 spiro atoms. The van der Waals surface area contributed by atoms with Crippen LogP contribution in [0.25, 0.3) is 0 Å². The van der Waals surface area contributed by atoms with Gasteiger partial charge in [-0.05, 0) is 37.5 Å². The number of aryl methyl sites for hydroxylation is 1. The zero-order chi connectivity index (χ0) is 13.7. The van der Waals surface area contributed by atoms with Crippen LogP contribution >= 0.6 is 0 Å². The first-order chi connectivity index (χ1) is 8.25. The Bertz CT molecular complexity index is 659. The minimum atomic E-state index is -3.45. The summed E-state index contributed by atoms with van der Waals surface area (Å²) in [7, 11) is -3.45. The molecule has 1 aromatic carbocycles. The molecule has 1 amide bonds. The minimum Gasteiger partial charge on any atom is -0.366 e. The molecular weight excluding hydrogens is 250 g/mol. The van der Waals surface area contributed by atoms with Crippen molar-refractivity contribution in [3.05, 3.63) is 41.0 Å². The first-order valence-corrected chi connectivity index (χ1v) is 7.14. The summed E-state index contributed by atoms with van der Waals surface area (Å²) in [5.41, 5.74) is 7.57. The topological polar surface area (TPSA) is 77.2 Å². The first kappa shape index (κ1) is 12.8. The average molecular weight is 265 g/mol. The monoisotopic (exact) mass is 265 g/mol. The van der Waals surface area contributed by atoms with E-state index in [1.54, 1.807) is 19.9 Å². The Morgan fingerprint density at radius 1 is 1.44 bits per heavy atom. The molecule has 1 aliphatic rings. The van der Waals surface area contributed by atoms with Crippen LogP contribution in [0, 0.1) is 6.92 Å². The molecule has 2 N–H and O–H groups in total. The third-order valence-corrected chi connectivity index (χ3v) is 5.69. The zero-order valence-corrected chi connectivity index (χ0v) is 11.2. The molecule has 0 bridgehead atoms. The van der Waals surface area contributed by atoms with Crippen molar-refractivity contribution < 1.29 is 13.2 Å². The summed E-state index contributed by atoms with van der Waals surface area (Å²) in [5.74, 6) is -0.609. The lowest BCUT2D eigenvalue weighted by atomic mass is 9.98. The van der Waals surface area contributed by atoms with Gasteiger partial charge in [-0.1, -0.05) is 18.2 Å². The largest absolute Gasteiger partial charge is 0.366 e. The number of nitrogens with two attached hydrogens (primary N) is 1. The van der Waals surface area contributed by atoms with E-state index in [1.165, 1.54) is 6.07 Å². The Labute approximate surface area is 106 Å². The molecule has 0 fully saturated rings. The second-order valence-electron chi connectivity index (χ2n) is 4.66. The quantitative estimate of drug-likeness (QED) is 0.779. The molecule has 0 radical (unpaired) electrons. The van der Waals surface area contributed by atoms with E-state index in [9.17, 15) is 13.2 Å². The van der Waals surface area contributed by atoms with Crippen molar-refractivity contribution in [2.24, 2.45) is 5.73 Å². The molecular formula is C13H15NO3S. The minimum absolute atomic E-state index is 0.210. The van der Waals surface area contributed by atoms with E-state index < -0.39 is 21.0 Å². The summed E-state index contributed by atoms with van der Waals surface area (Å²) >= 11 is 0. The molecule has 4 nitrogen and oxygen atoms in total. The van der Waals surface area contributed by atoms with Gasteiger partial charge in [0.25, 0.3) is 0 Å². The van der Waals surface area contributed by atoms with Gasteiger partial charge in [0.15, 0.2) is 9.84 Å². The molecule has 0 saturated heterocycles. The highest BCUT2D eigenvalue weighted by molar-refractivity contribution is 7.92. The van der Waals surface area contributed by atoms with Gasteiger partial charge in [-0.15, -0.1) is 0 Å². The standard InChI is InChI=1S/C13H15NO3S/c1-7-4-10-5-8(2)11(13(14)15)6-12(10)18(16,17)9(7)3/h5-6,9H,1,4H2,2-3H3,(H2,14,15). The molecule has 1 atom stereocenters. The summed E-state index contributed by atoms with van der Waals surface area (Å²) in [6.07, 6.45) is 0.523. The van der Waals surface area contributed by atoms with Crippen molar-refractivity contribution in [2.45, 2.75) is 30.4 Å². The molecule has 5 heteroatoms. The highest BCUT2D eigenvalue weighted by Crippen LogP contribution is 2.33. The van der Waals surface area contributed by atoms with Gasteiger partial charge in [-0.2, -0.15) is 0 Å². The number of carbonyl (C=O) groups excluding carboxylic acids is 1. The molecule has 2 rings (SSSR count). The Morgan fingerprint density at radius 3 is 2.61 bits per heavy atom. The number of amides is 1. The second-order valence-corrected chi connectivity index (χ2v) is 6.90. The fourth-order valence-electron chi connectivity index (χ4n) is 2.21. The van der Waals surface area contributed by atoms with Gasteiger partial charge < -0.3 is 5.73 Å². The van der Waals surface area contributed by atoms with Crippen LogP contribution in [0.5, 0.6) is 0 Å². The van der Waals surface area contributed by atoms with Gasteiger partial charge in [-0.25, -0.2) is 8.42 Å². The van der Waals surface area contributed by atoms with E-state index >= 15 is 0 Å². The predicted molar refractivity (Wildman–Crippen MR) is 69.2 cm³/mol. The van der Waals surface area contributed by atoms with Gasteiger partial charge in [0.1, 0.15) is 0 Å². The fraction of sp³-hybridized carbons (Fsp3) is 0.308. The maximum absolute atomic E-state index is 12.3. The van der Waals surface area contributed by atoms with Gasteiger partial charge in [-0.3, -0.25) is 4.79 Å². The molecule has 0 aliphatic carbocycles.